The van der Waals surface area contributed by atoms with Gasteiger partial charge < -0.3 is 31.3 Å². The van der Waals surface area contributed by atoms with E-state index in [1.54, 1.807) is 24.3 Å². The van der Waals surface area contributed by atoms with E-state index in [1.807, 2.05) is 36.4 Å². The van der Waals surface area contributed by atoms with Crippen LogP contribution in [0.15, 0.2) is 109 Å². The Morgan fingerprint density at radius 2 is 0.690 bits per heavy atom. The number of carbonyl (C=O) groups excluding carboxylic acids is 4. The molecule has 312 valence electrons. The van der Waals surface area contributed by atoms with Gasteiger partial charge in [-0.15, -0.1) is 0 Å². The quantitative estimate of drug-likeness (QED) is 0.156. The molecule has 0 unspecified atom stereocenters. The molecule has 0 amide bonds. The van der Waals surface area contributed by atoms with Gasteiger partial charge in [0, 0.05) is 33.1 Å². The van der Waals surface area contributed by atoms with Crippen molar-refractivity contribution in [2.45, 2.75) is 118 Å². The molecule has 2 aliphatic rings. The van der Waals surface area contributed by atoms with Crippen LogP contribution in [0.1, 0.15) is 170 Å². The topological polar surface area (TPSA) is 170 Å². The van der Waals surface area contributed by atoms with Crippen molar-refractivity contribution in [2.24, 2.45) is 22.7 Å². The van der Waals surface area contributed by atoms with Crippen molar-refractivity contribution in [3.8, 4) is 0 Å². The molecule has 2 aliphatic carbocycles. The number of carboxylic acid groups (broad SMARTS) is 2. The predicted molar refractivity (Wildman–Crippen MR) is 226 cm³/mol. The normalized spacial score (nSPS) is 16.4. The Balaban J connectivity index is 0.000000221. The lowest BCUT2D eigenvalue weighted by atomic mass is 9.63. The Labute approximate surface area is 346 Å². The number of benzene rings is 4. The second-order valence-electron chi connectivity index (χ2n) is 16.8. The van der Waals surface area contributed by atoms with Crippen LogP contribution in [-0.2, 0) is 0 Å². The van der Waals surface area contributed by atoms with Crippen LogP contribution in [0.5, 0.6) is 0 Å². The van der Waals surface area contributed by atoms with Gasteiger partial charge >= 0.3 is 0 Å². The Hall–Kier alpha value is -4.92. The highest BCUT2D eigenvalue weighted by atomic mass is 16.4. The predicted octanol–water partition coefficient (Wildman–Crippen LogP) is 7.66. The van der Waals surface area contributed by atoms with Crippen LogP contribution in [0.2, 0.25) is 0 Å². The first kappa shape index (κ1) is 47.5. The smallest absolute Gasteiger partial charge is 0.169 e. The number of ketones is 2. The first-order chi connectivity index (χ1) is 27.6. The number of Topliss-reactive ketones (excluding diaryl/α,β-unsaturated/α-hetero) is 2. The fourth-order valence-electron chi connectivity index (χ4n) is 8.15. The Morgan fingerprint density at radius 3 is 0.897 bits per heavy atom. The van der Waals surface area contributed by atoms with E-state index in [2.05, 4.69) is 77.3 Å². The zero-order chi connectivity index (χ0) is 42.9. The molecule has 2 fully saturated rings. The summed E-state index contributed by atoms with van der Waals surface area (Å²) in [4.78, 5) is 47.3. The molecule has 0 bridgehead atoms. The van der Waals surface area contributed by atoms with Gasteiger partial charge in [0.25, 0.3) is 0 Å². The summed E-state index contributed by atoms with van der Waals surface area (Å²) in [6.45, 7) is 12.6. The molecule has 8 nitrogen and oxygen atoms in total. The van der Waals surface area contributed by atoms with Crippen LogP contribution in [-0.4, -0.2) is 23.5 Å². The third-order valence-corrected chi connectivity index (χ3v) is 12.1. The average Bonchev–Trinajstić information content (AvgIpc) is 3.24. The van der Waals surface area contributed by atoms with Crippen LogP contribution >= 0.6 is 0 Å². The molecule has 2 atom stereocenters. The van der Waals surface area contributed by atoms with Crippen LogP contribution in [0, 0.1) is 22.7 Å². The summed E-state index contributed by atoms with van der Waals surface area (Å²) in [5.74, 6) is -1.48. The van der Waals surface area contributed by atoms with Crippen LogP contribution in [0.3, 0.4) is 0 Å². The summed E-state index contributed by atoms with van der Waals surface area (Å²) in [6.07, 6.45) is 10.5. The average molecular weight is 791 g/mol. The molecular formula is C50H66N2O6. The molecule has 0 spiro atoms. The molecule has 6 N–H and O–H groups in total. The second kappa shape index (κ2) is 22.9. The van der Waals surface area contributed by atoms with E-state index in [9.17, 15) is 29.4 Å². The Bertz CT molecular complexity index is 1720. The number of carboxylic acids is 2. The lowest BCUT2D eigenvalue weighted by molar-refractivity contribution is -0.420. The zero-order valence-electron chi connectivity index (χ0n) is 35.6. The summed E-state index contributed by atoms with van der Waals surface area (Å²) >= 11 is 0. The number of hydrogen-bond acceptors (Lipinski definition) is 6. The fourth-order valence-corrected chi connectivity index (χ4v) is 8.15. The van der Waals surface area contributed by atoms with Crippen molar-refractivity contribution < 1.29 is 40.9 Å². The van der Waals surface area contributed by atoms with E-state index in [0.717, 1.165) is 51.4 Å². The van der Waals surface area contributed by atoms with Gasteiger partial charge in [0.1, 0.15) is 12.1 Å². The number of rotatable bonds is 10. The van der Waals surface area contributed by atoms with Crippen molar-refractivity contribution in [1.82, 2.24) is 0 Å². The molecule has 0 saturated heterocycles. The molecule has 58 heavy (non-hydrogen) atoms. The minimum Gasteiger partial charge on any atom is -0.545 e. The van der Waals surface area contributed by atoms with Crippen molar-refractivity contribution in [2.75, 3.05) is 0 Å². The molecule has 2 saturated carbocycles. The highest BCUT2D eigenvalue weighted by molar-refractivity contribution is 6.02. The maximum atomic E-state index is 12.9. The molecule has 0 aromatic heterocycles. The highest BCUT2D eigenvalue weighted by Crippen LogP contribution is 2.46. The molecule has 0 aliphatic heterocycles. The third kappa shape index (κ3) is 13.0. The molecule has 6 rings (SSSR count). The standard InChI is InChI=1S/2C17H22O3.2C8H11N/c2*1-12(2)17(10-4-3-5-11-17)15(18)13-6-8-14(9-7-13)16(19)20;2*1-7(9)8-5-3-2-4-6-8/h2*6-9,12H,3-5,10-11H2,1-2H3,(H,19,20);2*2-7H,9H2,1H3/t;;2*7-/m..00/s1. The van der Waals surface area contributed by atoms with E-state index in [-0.39, 0.29) is 33.5 Å². The molecule has 8 heteroatoms. The summed E-state index contributed by atoms with van der Waals surface area (Å²) in [7, 11) is 0. The van der Waals surface area contributed by atoms with Crippen molar-refractivity contribution in [1.29, 1.82) is 0 Å². The zero-order valence-corrected chi connectivity index (χ0v) is 35.6. The van der Waals surface area contributed by atoms with Gasteiger partial charge in [-0.2, -0.15) is 0 Å². The van der Waals surface area contributed by atoms with Gasteiger partial charge in [-0.05, 0) is 62.5 Å². The van der Waals surface area contributed by atoms with Crippen LogP contribution < -0.4 is 21.7 Å². The highest BCUT2D eigenvalue weighted by Gasteiger charge is 2.43. The van der Waals surface area contributed by atoms with E-state index in [0.29, 0.717) is 35.0 Å². The maximum absolute atomic E-state index is 12.9. The summed E-state index contributed by atoms with van der Waals surface area (Å²) in [5.41, 5.74) is 11.3. The molecule has 0 radical (unpaired) electrons. The van der Waals surface area contributed by atoms with Gasteiger partial charge in [-0.25, -0.2) is 0 Å². The largest absolute Gasteiger partial charge is 0.545 e. The minimum atomic E-state index is -1.21. The van der Waals surface area contributed by atoms with E-state index in [1.165, 1.54) is 48.2 Å². The first-order valence-electron chi connectivity index (χ1n) is 21.0. The van der Waals surface area contributed by atoms with Crippen LogP contribution in [0.25, 0.3) is 0 Å². The Morgan fingerprint density at radius 1 is 0.431 bits per heavy atom. The number of carbonyl (C=O) groups is 4. The van der Waals surface area contributed by atoms with Gasteiger partial charge in [0.05, 0.1) is 11.9 Å². The summed E-state index contributed by atoms with van der Waals surface area (Å²) in [5, 5.41) is 21.5. The lowest BCUT2D eigenvalue weighted by Gasteiger charge is -2.39. The van der Waals surface area contributed by atoms with Gasteiger partial charge in [0.15, 0.2) is 11.6 Å². The van der Waals surface area contributed by atoms with Crippen molar-refractivity contribution in [3.05, 3.63) is 143 Å². The number of quaternary nitrogens is 2. The van der Waals surface area contributed by atoms with Crippen LogP contribution in [0.4, 0.5) is 0 Å². The molecule has 0 heterocycles. The molecule has 4 aromatic carbocycles. The monoisotopic (exact) mass is 790 g/mol. The molecular weight excluding hydrogens is 725 g/mol. The SMILES string of the molecule is CC(C)C1(C(=O)c2ccc(C(=O)[O-])cc2)CCCCC1.CC(C)C1(C(=O)c2ccc(C(=O)[O-])cc2)CCCCC1.C[C@H]([NH3+])c1ccccc1.C[C@H]([NH3+])c1ccccc1. The third-order valence-electron chi connectivity index (χ3n) is 12.1. The number of aromatic carboxylic acids is 2. The van der Waals surface area contributed by atoms with E-state index in [4.69, 9.17) is 0 Å². The van der Waals surface area contributed by atoms with E-state index < -0.39 is 11.9 Å². The summed E-state index contributed by atoms with van der Waals surface area (Å²) in [6, 6.07) is 33.7. The maximum Gasteiger partial charge on any atom is 0.169 e. The van der Waals surface area contributed by atoms with Crippen molar-refractivity contribution >= 4 is 23.5 Å². The summed E-state index contributed by atoms with van der Waals surface area (Å²) < 4.78 is 0. The molecule has 4 aromatic rings. The number of hydrogen-bond donors (Lipinski definition) is 2. The Kier molecular flexibility index (Phi) is 18.7. The lowest BCUT2D eigenvalue weighted by Crippen LogP contribution is -2.51. The fraction of sp³-hybridized carbons (Fsp3) is 0.440. The van der Waals surface area contributed by atoms with Gasteiger partial charge in [-0.3, -0.25) is 9.59 Å². The van der Waals surface area contributed by atoms with Crippen molar-refractivity contribution in [3.63, 3.8) is 0 Å². The second-order valence-corrected chi connectivity index (χ2v) is 16.8. The van der Waals surface area contributed by atoms with Gasteiger partial charge in [0.2, 0.25) is 0 Å². The minimum absolute atomic E-state index is 0.115. The van der Waals surface area contributed by atoms with Gasteiger partial charge in [-0.1, -0.05) is 175 Å². The van der Waals surface area contributed by atoms with E-state index >= 15 is 0 Å². The first-order valence-corrected chi connectivity index (χ1v) is 21.0.